The van der Waals surface area contributed by atoms with E-state index in [1.165, 1.54) is 6.26 Å². The number of carbonyl (C=O) groups is 1. The number of sulfone groups is 1. The van der Waals surface area contributed by atoms with Crippen molar-refractivity contribution in [1.82, 2.24) is 20.4 Å². The van der Waals surface area contributed by atoms with Crippen LogP contribution in [0, 0.1) is 0 Å². The van der Waals surface area contributed by atoms with Crippen molar-refractivity contribution in [3.05, 3.63) is 0 Å². The number of nitrogens with one attached hydrogen (secondary N) is 2. The van der Waals surface area contributed by atoms with E-state index in [1.54, 1.807) is 0 Å². The maximum absolute atomic E-state index is 11.9. The number of guanidine groups is 1. The lowest BCUT2D eigenvalue weighted by molar-refractivity contribution is -0.122. The standard InChI is InChI=1S/C17H33N5O4S/c1-3-18-17(19-6-11-26-12-13-27(2,24)25)22-9-7-21(8-10-22)14-16(23)20-15-4-5-15/h15H,3-14H2,1-2H3,(H,18,19)(H,20,23). The molecule has 0 atom stereocenters. The van der Waals surface area contributed by atoms with E-state index in [0.29, 0.717) is 25.7 Å². The van der Waals surface area contributed by atoms with Crippen molar-refractivity contribution in [2.45, 2.75) is 25.8 Å². The van der Waals surface area contributed by atoms with E-state index in [1.807, 2.05) is 6.92 Å². The minimum atomic E-state index is -2.99. The van der Waals surface area contributed by atoms with Gasteiger partial charge in [-0.1, -0.05) is 0 Å². The molecular weight excluding hydrogens is 370 g/mol. The smallest absolute Gasteiger partial charge is 0.234 e. The first-order valence-corrected chi connectivity index (χ1v) is 11.7. The zero-order chi connectivity index (χ0) is 19.7. The monoisotopic (exact) mass is 403 g/mol. The van der Waals surface area contributed by atoms with E-state index in [2.05, 4.69) is 25.4 Å². The van der Waals surface area contributed by atoms with Crippen molar-refractivity contribution < 1.29 is 17.9 Å². The molecule has 0 bridgehead atoms. The zero-order valence-electron chi connectivity index (χ0n) is 16.4. The molecule has 1 saturated carbocycles. The van der Waals surface area contributed by atoms with Crippen LogP contribution in [0.15, 0.2) is 4.99 Å². The molecule has 2 fully saturated rings. The Bertz CT molecular complexity index is 598. The van der Waals surface area contributed by atoms with Crippen LogP contribution in [0.5, 0.6) is 0 Å². The van der Waals surface area contributed by atoms with Crippen molar-refractivity contribution in [1.29, 1.82) is 0 Å². The van der Waals surface area contributed by atoms with E-state index in [4.69, 9.17) is 4.74 Å². The summed E-state index contributed by atoms with van der Waals surface area (Å²) in [5.41, 5.74) is 0. The maximum Gasteiger partial charge on any atom is 0.234 e. The number of rotatable bonds is 10. The Hall–Kier alpha value is -1.39. The summed E-state index contributed by atoms with van der Waals surface area (Å²) in [5.74, 6) is 0.997. The predicted octanol–water partition coefficient (Wildman–Crippen LogP) is -1.09. The van der Waals surface area contributed by atoms with Gasteiger partial charge >= 0.3 is 0 Å². The SMILES string of the molecule is CCNC(=NCCOCCS(C)(=O)=O)N1CCN(CC(=O)NC2CC2)CC1. The van der Waals surface area contributed by atoms with Gasteiger partial charge in [0, 0.05) is 45.0 Å². The number of piperazine rings is 1. The van der Waals surface area contributed by atoms with E-state index in [9.17, 15) is 13.2 Å². The second kappa shape index (κ2) is 10.8. The van der Waals surface area contributed by atoms with Crippen LogP contribution in [0.4, 0.5) is 0 Å². The fourth-order valence-corrected chi connectivity index (χ4v) is 3.20. The van der Waals surface area contributed by atoms with Crippen molar-refractivity contribution in [2.24, 2.45) is 4.99 Å². The molecular formula is C17H33N5O4S. The molecule has 1 aliphatic heterocycles. The van der Waals surface area contributed by atoms with Gasteiger partial charge in [-0.2, -0.15) is 0 Å². The largest absolute Gasteiger partial charge is 0.378 e. The first-order chi connectivity index (χ1) is 12.9. The highest BCUT2D eigenvalue weighted by Crippen LogP contribution is 2.18. The van der Waals surface area contributed by atoms with Crippen molar-refractivity contribution in [3.8, 4) is 0 Å². The van der Waals surface area contributed by atoms with Crippen LogP contribution >= 0.6 is 0 Å². The lowest BCUT2D eigenvalue weighted by Crippen LogP contribution is -2.54. The average Bonchev–Trinajstić information content (AvgIpc) is 3.40. The van der Waals surface area contributed by atoms with Crippen molar-refractivity contribution in [2.75, 3.05) is 71.0 Å². The van der Waals surface area contributed by atoms with Crippen LogP contribution in [0.2, 0.25) is 0 Å². The number of hydrogen-bond donors (Lipinski definition) is 2. The Labute approximate surface area is 162 Å². The van der Waals surface area contributed by atoms with Gasteiger partial charge in [-0.15, -0.1) is 0 Å². The Morgan fingerprint density at radius 1 is 1.19 bits per heavy atom. The molecule has 0 radical (unpaired) electrons. The summed E-state index contributed by atoms with van der Waals surface area (Å²) < 4.78 is 27.5. The highest BCUT2D eigenvalue weighted by atomic mass is 32.2. The molecule has 0 unspecified atom stereocenters. The van der Waals surface area contributed by atoms with Gasteiger partial charge in [0.15, 0.2) is 5.96 Å². The van der Waals surface area contributed by atoms with Gasteiger partial charge in [-0.25, -0.2) is 8.42 Å². The van der Waals surface area contributed by atoms with E-state index in [0.717, 1.165) is 51.5 Å². The molecule has 0 aromatic rings. The Morgan fingerprint density at radius 3 is 2.48 bits per heavy atom. The van der Waals surface area contributed by atoms with Gasteiger partial charge in [0.05, 0.1) is 32.1 Å². The molecule has 1 heterocycles. The summed E-state index contributed by atoms with van der Waals surface area (Å²) in [7, 11) is -2.99. The number of carbonyl (C=O) groups excluding carboxylic acids is 1. The molecule has 2 aliphatic rings. The van der Waals surface area contributed by atoms with Gasteiger partial charge < -0.3 is 20.3 Å². The first-order valence-electron chi connectivity index (χ1n) is 9.68. The summed E-state index contributed by atoms with van der Waals surface area (Å²) in [6, 6.07) is 0.408. The molecule has 27 heavy (non-hydrogen) atoms. The van der Waals surface area contributed by atoms with E-state index >= 15 is 0 Å². The topological polar surface area (TPSA) is 103 Å². The normalized spacial score (nSPS) is 19.2. The van der Waals surface area contributed by atoms with Crippen LogP contribution in [0.1, 0.15) is 19.8 Å². The molecule has 156 valence electrons. The maximum atomic E-state index is 11.9. The third-order valence-corrected chi connectivity index (χ3v) is 5.32. The molecule has 2 rings (SSSR count). The van der Waals surface area contributed by atoms with Crippen LogP contribution in [0.25, 0.3) is 0 Å². The van der Waals surface area contributed by atoms with Gasteiger partial charge in [0.2, 0.25) is 5.91 Å². The fraction of sp³-hybridized carbons (Fsp3) is 0.882. The summed E-state index contributed by atoms with van der Waals surface area (Å²) in [6.07, 6.45) is 3.42. The Kier molecular flexibility index (Phi) is 8.78. The van der Waals surface area contributed by atoms with Gasteiger partial charge in [-0.05, 0) is 19.8 Å². The molecule has 0 spiro atoms. The molecule has 1 aliphatic carbocycles. The molecule has 1 amide bonds. The molecule has 10 heteroatoms. The Morgan fingerprint density at radius 2 is 1.89 bits per heavy atom. The highest BCUT2D eigenvalue weighted by Gasteiger charge is 2.25. The fourth-order valence-electron chi connectivity index (χ4n) is 2.78. The zero-order valence-corrected chi connectivity index (χ0v) is 17.3. The average molecular weight is 404 g/mol. The molecule has 2 N–H and O–H groups in total. The number of aliphatic imine (C=N–C) groups is 1. The molecule has 0 aromatic heterocycles. The molecule has 9 nitrogen and oxygen atoms in total. The highest BCUT2D eigenvalue weighted by molar-refractivity contribution is 7.90. The van der Waals surface area contributed by atoms with Crippen LogP contribution in [0.3, 0.4) is 0 Å². The van der Waals surface area contributed by atoms with Crippen LogP contribution in [-0.4, -0.2) is 107 Å². The summed E-state index contributed by atoms with van der Waals surface area (Å²) in [6.45, 7) is 7.63. The quantitative estimate of drug-likeness (QED) is 0.271. The predicted molar refractivity (Wildman–Crippen MR) is 106 cm³/mol. The third kappa shape index (κ3) is 9.39. The lowest BCUT2D eigenvalue weighted by atomic mass is 10.3. The molecule has 1 saturated heterocycles. The van der Waals surface area contributed by atoms with Gasteiger partial charge in [0.25, 0.3) is 0 Å². The second-order valence-corrected chi connectivity index (χ2v) is 9.34. The van der Waals surface area contributed by atoms with E-state index < -0.39 is 9.84 Å². The van der Waals surface area contributed by atoms with Crippen LogP contribution < -0.4 is 10.6 Å². The van der Waals surface area contributed by atoms with Gasteiger partial charge in [0.1, 0.15) is 9.84 Å². The number of nitrogens with zero attached hydrogens (tertiary/aromatic N) is 3. The number of ether oxygens (including phenoxy) is 1. The summed E-state index contributed by atoms with van der Waals surface area (Å²) >= 11 is 0. The summed E-state index contributed by atoms with van der Waals surface area (Å²) in [4.78, 5) is 20.8. The van der Waals surface area contributed by atoms with Crippen LogP contribution in [-0.2, 0) is 19.4 Å². The molecule has 0 aromatic carbocycles. The Balaban J connectivity index is 1.68. The summed E-state index contributed by atoms with van der Waals surface area (Å²) in [5, 5.41) is 6.31. The van der Waals surface area contributed by atoms with Crippen molar-refractivity contribution in [3.63, 3.8) is 0 Å². The van der Waals surface area contributed by atoms with Gasteiger partial charge in [-0.3, -0.25) is 14.7 Å². The number of hydrogen-bond acceptors (Lipinski definition) is 6. The minimum absolute atomic E-state index is 0.0348. The number of amides is 1. The van der Waals surface area contributed by atoms with E-state index in [-0.39, 0.29) is 18.3 Å². The first kappa shape index (κ1) is 21.9. The second-order valence-electron chi connectivity index (χ2n) is 7.08. The third-order valence-electron chi connectivity index (χ3n) is 4.41. The minimum Gasteiger partial charge on any atom is -0.378 e. The van der Waals surface area contributed by atoms with Crippen molar-refractivity contribution >= 4 is 21.7 Å². The lowest BCUT2D eigenvalue weighted by Gasteiger charge is -2.36.